The number of carbonyl (C=O) groups excluding carboxylic acids is 5. The van der Waals surface area contributed by atoms with Crippen LogP contribution in [0.15, 0.2) is 35.3 Å². The Morgan fingerprint density at radius 3 is 2.02 bits per heavy atom. The Morgan fingerprint density at radius 2 is 1.39 bits per heavy atom. The van der Waals surface area contributed by atoms with Crippen LogP contribution in [0, 0.1) is 0 Å². The molecule has 0 bridgehead atoms. The zero-order valence-corrected chi connectivity index (χ0v) is 25.0. The number of rotatable bonds is 13. The van der Waals surface area contributed by atoms with Crippen molar-refractivity contribution in [2.75, 3.05) is 13.1 Å². The largest absolute Gasteiger partial charge is 0.481 e. The van der Waals surface area contributed by atoms with Crippen molar-refractivity contribution < 1.29 is 33.9 Å². The van der Waals surface area contributed by atoms with Gasteiger partial charge in [-0.25, -0.2) is 0 Å². The molecule has 242 valence electrons. The molecule has 0 spiro atoms. The second-order valence-electron chi connectivity index (χ2n) is 10.6. The maximum atomic E-state index is 13.6. The van der Waals surface area contributed by atoms with Crippen LogP contribution >= 0.6 is 0 Å². The van der Waals surface area contributed by atoms with Crippen molar-refractivity contribution in [3.05, 3.63) is 35.9 Å². The molecule has 15 nitrogen and oxygen atoms in total. The average molecular weight is 617 g/mol. The molecule has 1 aliphatic rings. The van der Waals surface area contributed by atoms with Crippen molar-refractivity contribution in [3.8, 4) is 0 Å². The van der Waals surface area contributed by atoms with Crippen LogP contribution in [0.25, 0.3) is 0 Å². The van der Waals surface area contributed by atoms with Gasteiger partial charge in [0.05, 0.1) is 13.0 Å². The Hall–Kier alpha value is -4.69. The van der Waals surface area contributed by atoms with Crippen LogP contribution in [0.4, 0.5) is 0 Å². The van der Waals surface area contributed by atoms with E-state index in [0.717, 1.165) is 19.3 Å². The Kier molecular flexibility index (Phi) is 15.1. The summed E-state index contributed by atoms with van der Waals surface area (Å²) in [5.41, 5.74) is 11.4. The smallest absolute Gasteiger partial charge is 0.305 e. The first-order chi connectivity index (χ1) is 21.0. The molecular weight excluding hydrogens is 572 g/mol. The summed E-state index contributed by atoms with van der Waals surface area (Å²) in [6, 6.07) is 3.94. The summed E-state index contributed by atoms with van der Waals surface area (Å²) in [7, 11) is 0. The number of unbranched alkanes of at least 4 members (excludes halogenated alkanes) is 3. The maximum Gasteiger partial charge on any atom is 0.305 e. The predicted octanol–water partition coefficient (Wildman–Crippen LogP) is -1.20. The zero-order valence-electron chi connectivity index (χ0n) is 25.0. The molecule has 0 aromatic heterocycles. The molecule has 4 atom stereocenters. The Bertz CT molecular complexity index is 1170. The normalized spacial score (nSPS) is 21.8. The number of nitrogens with one attached hydrogen (secondary N) is 5. The van der Waals surface area contributed by atoms with Gasteiger partial charge in [0.2, 0.25) is 29.5 Å². The summed E-state index contributed by atoms with van der Waals surface area (Å²) in [4.78, 5) is 81.5. The van der Waals surface area contributed by atoms with Gasteiger partial charge in [-0.2, -0.15) is 0 Å². The second-order valence-corrected chi connectivity index (χ2v) is 10.6. The number of hydrogen-bond acceptors (Lipinski definition) is 7. The van der Waals surface area contributed by atoms with E-state index in [1.807, 2.05) is 6.92 Å². The van der Waals surface area contributed by atoms with E-state index in [1.165, 1.54) is 0 Å². The first-order valence-electron chi connectivity index (χ1n) is 14.8. The van der Waals surface area contributed by atoms with Gasteiger partial charge in [0.15, 0.2) is 5.96 Å². The molecule has 5 amide bonds. The molecule has 1 aromatic rings. The van der Waals surface area contributed by atoms with Gasteiger partial charge in [0, 0.05) is 13.0 Å². The number of carboxylic acids is 1. The van der Waals surface area contributed by atoms with E-state index in [4.69, 9.17) is 11.5 Å². The lowest BCUT2D eigenvalue weighted by Gasteiger charge is -2.26. The molecule has 1 aliphatic heterocycles. The number of aliphatic imine (C=N–C) groups is 1. The summed E-state index contributed by atoms with van der Waals surface area (Å²) < 4.78 is 0. The number of guanidine groups is 1. The van der Waals surface area contributed by atoms with Crippen molar-refractivity contribution >= 4 is 41.5 Å². The van der Waals surface area contributed by atoms with Crippen LogP contribution in [-0.4, -0.2) is 83.8 Å². The molecule has 44 heavy (non-hydrogen) atoms. The van der Waals surface area contributed by atoms with Gasteiger partial charge in [-0.3, -0.25) is 33.8 Å². The van der Waals surface area contributed by atoms with Crippen LogP contribution in [0.2, 0.25) is 0 Å². The molecule has 1 heterocycles. The van der Waals surface area contributed by atoms with Crippen LogP contribution in [-0.2, 0) is 35.2 Å². The minimum Gasteiger partial charge on any atom is -0.481 e. The van der Waals surface area contributed by atoms with Gasteiger partial charge in [-0.05, 0) is 24.8 Å². The molecule has 0 radical (unpaired) electrons. The lowest BCUT2D eigenvalue weighted by atomic mass is 10.0. The Balaban J connectivity index is 2.44. The molecule has 1 saturated heterocycles. The number of benzene rings is 1. The molecule has 1 aromatic carbocycles. The summed E-state index contributed by atoms with van der Waals surface area (Å²) in [6.07, 6.45) is 3.28. The van der Waals surface area contributed by atoms with Gasteiger partial charge in [-0.1, -0.05) is 62.9 Å². The molecule has 0 unspecified atom stereocenters. The van der Waals surface area contributed by atoms with E-state index >= 15 is 0 Å². The Labute approximate surface area is 256 Å². The van der Waals surface area contributed by atoms with Gasteiger partial charge in [0.1, 0.15) is 24.2 Å². The summed E-state index contributed by atoms with van der Waals surface area (Å²) in [6.45, 7) is 1.64. The first-order valence-corrected chi connectivity index (χ1v) is 14.8. The highest BCUT2D eigenvalue weighted by Gasteiger charge is 2.33. The summed E-state index contributed by atoms with van der Waals surface area (Å²) in [5.74, 6) is -5.20. The molecular formula is C29H44N8O7. The average Bonchev–Trinajstić information content (AvgIpc) is 2.97. The van der Waals surface area contributed by atoms with Gasteiger partial charge >= 0.3 is 5.97 Å². The van der Waals surface area contributed by atoms with Crippen molar-refractivity contribution in [2.45, 2.75) is 88.9 Å². The van der Waals surface area contributed by atoms with E-state index in [0.29, 0.717) is 18.4 Å². The van der Waals surface area contributed by atoms with Crippen molar-refractivity contribution in [3.63, 3.8) is 0 Å². The fourth-order valence-electron chi connectivity index (χ4n) is 4.61. The van der Waals surface area contributed by atoms with E-state index in [2.05, 4.69) is 31.6 Å². The topological polar surface area (TPSA) is 247 Å². The van der Waals surface area contributed by atoms with Crippen LogP contribution in [0.3, 0.4) is 0 Å². The minimum absolute atomic E-state index is 0.0315. The predicted molar refractivity (Wildman–Crippen MR) is 162 cm³/mol. The fourth-order valence-corrected chi connectivity index (χ4v) is 4.61. The van der Waals surface area contributed by atoms with E-state index in [1.54, 1.807) is 30.3 Å². The number of aliphatic carboxylic acids is 1. The molecule has 15 heteroatoms. The highest BCUT2D eigenvalue weighted by molar-refractivity contribution is 5.98. The quantitative estimate of drug-likeness (QED) is 0.0752. The SMILES string of the molecule is CCCCCC[C@@H]1NC(=O)[C@@H](Cc2ccccc2)NC(=O)[C@H](CC(=O)O)NC(=O)CNC(=O)[C@H](CCCN=C(N)N)NC1=O. The van der Waals surface area contributed by atoms with E-state index < -0.39 is 72.6 Å². The molecule has 0 aliphatic carbocycles. The van der Waals surface area contributed by atoms with Crippen LogP contribution in [0.5, 0.6) is 0 Å². The molecule has 10 N–H and O–H groups in total. The lowest BCUT2D eigenvalue weighted by molar-refractivity contribution is -0.141. The third kappa shape index (κ3) is 13.1. The number of nitrogens with zero attached hydrogens (tertiary/aromatic N) is 1. The van der Waals surface area contributed by atoms with Crippen molar-refractivity contribution in [2.24, 2.45) is 16.5 Å². The molecule has 0 saturated carbocycles. The van der Waals surface area contributed by atoms with Crippen molar-refractivity contribution in [1.82, 2.24) is 26.6 Å². The zero-order chi connectivity index (χ0) is 32.5. The van der Waals surface area contributed by atoms with E-state index in [9.17, 15) is 33.9 Å². The maximum absolute atomic E-state index is 13.6. The van der Waals surface area contributed by atoms with Crippen LogP contribution in [0.1, 0.15) is 63.9 Å². The highest BCUT2D eigenvalue weighted by Crippen LogP contribution is 2.10. The monoisotopic (exact) mass is 616 g/mol. The summed E-state index contributed by atoms with van der Waals surface area (Å²) >= 11 is 0. The highest BCUT2D eigenvalue weighted by atomic mass is 16.4. The standard InChI is InChI=1S/C29H44N8O7/c1-2-3-4-8-12-20-26(42)35-19(13-9-14-32-29(30)31)25(41)33-17-23(38)34-22(16-24(39)40)28(44)37-21(27(43)36-20)15-18-10-6-5-7-11-18/h5-7,10-11,19-22H,2-4,8-9,12-17H2,1H3,(H,33,41)(H,34,38)(H,35,42)(H,36,43)(H,37,44)(H,39,40)(H4,30,31,32)/t19-,20-,21+,22-/m0/s1. The second kappa shape index (κ2) is 18.8. The molecule has 2 rings (SSSR count). The summed E-state index contributed by atoms with van der Waals surface area (Å²) in [5, 5.41) is 22.1. The third-order valence-electron chi connectivity index (χ3n) is 6.93. The lowest BCUT2D eigenvalue weighted by Crippen LogP contribution is -2.58. The molecule has 1 fully saturated rings. The number of nitrogens with two attached hydrogens (primary N) is 2. The van der Waals surface area contributed by atoms with E-state index in [-0.39, 0.29) is 31.8 Å². The third-order valence-corrected chi connectivity index (χ3v) is 6.93. The van der Waals surface area contributed by atoms with Gasteiger partial charge in [-0.15, -0.1) is 0 Å². The fraction of sp³-hybridized carbons (Fsp3) is 0.552. The first kappa shape index (κ1) is 35.5. The number of hydrogen-bond donors (Lipinski definition) is 8. The van der Waals surface area contributed by atoms with Gasteiger partial charge in [0.25, 0.3) is 0 Å². The number of carboxylic acid groups (broad SMARTS) is 1. The number of carbonyl (C=O) groups is 6. The Morgan fingerprint density at radius 1 is 0.795 bits per heavy atom. The van der Waals surface area contributed by atoms with Crippen molar-refractivity contribution in [1.29, 1.82) is 0 Å². The minimum atomic E-state index is -1.53. The van der Waals surface area contributed by atoms with Gasteiger partial charge < -0.3 is 43.2 Å². The number of amides is 5. The van der Waals surface area contributed by atoms with Crippen LogP contribution < -0.4 is 38.1 Å².